The number of nitrogens with zero attached hydrogens (tertiary/aromatic N) is 3. The number of fused-ring (bicyclic) bond motifs is 1. The zero-order valence-electron chi connectivity index (χ0n) is 9.56. The van der Waals surface area contributed by atoms with E-state index < -0.39 is 18.0 Å². The summed E-state index contributed by atoms with van der Waals surface area (Å²) in [6.07, 6.45) is -2.67. The number of pyridine rings is 1. The fourth-order valence-electron chi connectivity index (χ4n) is 1.24. The van der Waals surface area contributed by atoms with Gasteiger partial charge in [0.2, 0.25) is 0 Å². The molecule has 1 N–H and O–H groups in total. The summed E-state index contributed by atoms with van der Waals surface area (Å²) < 4.78 is 37.1. The molecule has 0 spiro atoms. The maximum atomic E-state index is 12.4. The van der Waals surface area contributed by atoms with Crippen LogP contribution in [0.4, 0.5) is 13.2 Å². The van der Waals surface area contributed by atoms with Crippen molar-refractivity contribution in [1.29, 1.82) is 0 Å². The molecule has 86 valence electrons. The third-order valence-corrected chi connectivity index (χ3v) is 1.91. The van der Waals surface area contributed by atoms with Crippen LogP contribution >= 0.6 is 0 Å². The first-order chi connectivity index (χ1) is 7.39. The smallest absolute Gasteiger partial charge is 1.00 e. The predicted octanol–water partition coefficient (Wildman–Crippen LogP) is -1.28. The van der Waals surface area contributed by atoms with E-state index in [4.69, 9.17) is 5.11 Å². The van der Waals surface area contributed by atoms with Crippen LogP contribution in [0.1, 0.15) is 11.9 Å². The van der Waals surface area contributed by atoms with Gasteiger partial charge < -0.3 is 6.53 Å². The number of aromatic nitrogens is 3. The van der Waals surface area contributed by atoms with E-state index in [-0.39, 0.29) is 46.6 Å². The Kier molecular flexibility index (Phi) is 3.80. The molecular formula is C8H5F3N3NaO2. The van der Waals surface area contributed by atoms with Gasteiger partial charge in [-0.05, 0) is 6.07 Å². The number of halogens is 3. The Balaban J connectivity index is 0.00000144. The number of carboxylic acid groups (broad SMARTS) is 1. The van der Waals surface area contributed by atoms with Gasteiger partial charge in [-0.2, -0.15) is 9.78 Å². The molecule has 0 aliphatic rings. The van der Waals surface area contributed by atoms with Crippen LogP contribution in [0.5, 0.6) is 0 Å². The van der Waals surface area contributed by atoms with Gasteiger partial charge >= 0.3 is 41.8 Å². The average Bonchev–Trinajstić information content (AvgIpc) is 2.58. The van der Waals surface area contributed by atoms with Gasteiger partial charge in [-0.15, -0.1) is 13.2 Å². The van der Waals surface area contributed by atoms with E-state index in [0.29, 0.717) is 0 Å². The summed E-state index contributed by atoms with van der Waals surface area (Å²) >= 11 is 0. The molecule has 0 radical (unpaired) electrons. The molecule has 0 aliphatic heterocycles. The molecule has 2 aromatic heterocycles. The SMILES string of the molecule is O=C(O)c1cc2c(cn1)cnn2C(F)(F)F.[H-].[Na+]. The summed E-state index contributed by atoms with van der Waals surface area (Å²) in [6, 6.07) is 0.832. The molecule has 0 saturated heterocycles. The van der Waals surface area contributed by atoms with Crippen molar-refractivity contribution in [1.82, 2.24) is 14.8 Å². The van der Waals surface area contributed by atoms with Crippen molar-refractivity contribution < 1.29 is 54.1 Å². The summed E-state index contributed by atoms with van der Waals surface area (Å²) in [5.41, 5.74) is -0.793. The Morgan fingerprint density at radius 3 is 2.59 bits per heavy atom. The molecule has 0 aliphatic carbocycles. The van der Waals surface area contributed by atoms with Crippen LogP contribution in [0, 0.1) is 0 Å². The van der Waals surface area contributed by atoms with Crippen molar-refractivity contribution in [2.24, 2.45) is 0 Å². The number of carboxylic acids is 1. The fraction of sp³-hybridized carbons (Fsp3) is 0.125. The first-order valence-electron chi connectivity index (χ1n) is 4.04. The zero-order valence-corrected chi connectivity index (χ0v) is 10.6. The number of rotatable bonds is 1. The molecule has 0 unspecified atom stereocenters. The van der Waals surface area contributed by atoms with Crippen LogP contribution in [0.25, 0.3) is 10.9 Å². The molecule has 2 rings (SSSR count). The van der Waals surface area contributed by atoms with Crippen molar-refractivity contribution >= 4 is 16.9 Å². The molecule has 0 amide bonds. The number of alkyl halides is 3. The van der Waals surface area contributed by atoms with E-state index in [9.17, 15) is 18.0 Å². The van der Waals surface area contributed by atoms with Gasteiger partial charge in [0, 0.05) is 11.6 Å². The van der Waals surface area contributed by atoms with Crippen LogP contribution in [-0.4, -0.2) is 25.8 Å². The van der Waals surface area contributed by atoms with Crippen molar-refractivity contribution in [3.63, 3.8) is 0 Å². The van der Waals surface area contributed by atoms with Crippen molar-refractivity contribution in [3.8, 4) is 0 Å². The largest absolute Gasteiger partial charge is 1.00 e. The molecule has 9 heteroatoms. The minimum absolute atomic E-state index is 0. The zero-order chi connectivity index (χ0) is 11.9. The second-order valence-corrected chi connectivity index (χ2v) is 2.96. The Morgan fingerprint density at radius 2 is 2.06 bits per heavy atom. The van der Waals surface area contributed by atoms with Crippen LogP contribution < -0.4 is 29.6 Å². The number of carbonyl (C=O) groups is 1. The quantitative estimate of drug-likeness (QED) is 0.645. The third-order valence-electron chi connectivity index (χ3n) is 1.91. The molecule has 0 bridgehead atoms. The summed E-state index contributed by atoms with van der Waals surface area (Å²) in [5, 5.41) is 11.9. The summed E-state index contributed by atoms with van der Waals surface area (Å²) in [6.45, 7) is 0. The third kappa shape index (κ3) is 2.59. The molecule has 0 saturated carbocycles. The second kappa shape index (κ2) is 4.63. The van der Waals surface area contributed by atoms with E-state index >= 15 is 0 Å². The van der Waals surface area contributed by atoms with Gasteiger partial charge in [-0.3, -0.25) is 0 Å². The summed E-state index contributed by atoms with van der Waals surface area (Å²) in [5.74, 6) is -1.39. The Morgan fingerprint density at radius 1 is 1.41 bits per heavy atom. The molecule has 0 aromatic carbocycles. The molecule has 2 aromatic rings. The molecule has 5 nitrogen and oxygen atoms in total. The van der Waals surface area contributed by atoms with Crippen LogP contribution in [-0.2, 0) is 6.30 Å². The van der Waals surface area contributed by atoms with E-state index in [1.54, 1.807) is 0 Å². The van der Waals surface area contributed by atoms with Crippen LogP contribution in [0.3, 0.4) is 0 Å². The normalized spacial score (nSPS) is 11.2. The first-order valence-corrected chi connectivity index (χ1v) is 4.04. The standard InChI is InChI=1S/C8H4F3N3O2.Na.H/c9-8(10,11)14-6-1-5(7(15)16)12-2-4(6)3-13-14;;/h1-3H,(H,15,16);;/q;+1;-1. The summed E-state index contributed by atoms with van der Waals surface area (Å²) in [7, 11) is 0. The molecule has 2 heterocycles. The number of hydrogen-bond acceptors (Lipinski definition) is 3. The van der Waals surface area contributed by atoms with Gasteiger partial charge in [0.05, 0.1) is 11.7 Å². The van der Waals surface area contributed by atoms with Crippen LogP contribution in [0.15, 0.2) is 18.5 Å². The van der Waals surface area contributed by atoms with Gasteiger partial charge in [-0.1, -0.05) is 0 Å². The summed E-state index contributed by atoms with van der Waals surface area (Å²) in [4.78, 5) is 14.0. The van der Waals surface area contributed by atoms with Crippen molar-refractivity contribution in [2.45, 2.75) is 6.30 Å². The van der Waals surface area contributed by atoms with E-state index in [1.165, 1.54) is 0 Å². The average molecular weight is 255 g/mol. The topological polar surface area (TPSA) is 68.0 Å². The van der Waals surface area contributed by atoms with E-state index in [0.717, 1.165) is 18.5 Å². The van der Waals surface area contributed by atoms with Gasteiger partial charge in [-0.25, -0.2) is 9.78 Å². The molecule has 17 heavy (non-hydrogen) atoms. The minimum atomic E-state index is -4.68. The maximum absolute atomic E-state index is 12.4. The van der Waals surface area contributed by atoms with Gasteiger partial charge in [0.25, 0.3) is 0 Å². The fourth-order valence-corrected chi connectivity index (χ4v) is 1.24. The molecule has 0 fully saturated rings. The maximum Gasteiger partial charge on any atom is 1.00 e. The minimum Gasteiger partial charge on any atom is -1.00 e. The van der Waals surface area contributed by atoms with Crippen molar-refractivity contribution in [3.05, 3.63) is 24.2 Å². The van der Waals surface area contributed by atoms with Crippen LogP contribution in [0.2, 0.25) is 0 Å². The molecular weight excluding hydrogens is 250 g/mol. The van der Waals surface area contributed by atoms with Gasteiger partial charge in [0.15, 0.2) is 0 Å². The Labute approximate surface area is 116 Å². The van der Waals surface area contributed by atoms with E-state index in [1.807, 2.05) is 0 Å². The molecule has 0 atom stereocenters. The number of hydrogen-bond donors (Lipinski definition) is 1. The Bertz CT molecular complexity index is 572. The second-order valence-electron chi connectivity index (χ2n) is 2.96. The predicted molar refractivity (Wildman–Crippen MR) is 46.9 cm³/mol. The first kappa shape index (κ1) is 13.9. The van der Waals surface area contributed by atoms with E-state index in [2.05, 4.69) is 10.1 Å². The Hall–Kier alpha value is -1.12. The monoisotopic (exact) mass is 255 g/mol. The number of aromatic carboxylic acids is 1. The van der Waals surface area contributed by atoms with Crippen molar-refractivity contribution in [2.75, 3.05) is 0 Å². The van der Waals surface area contributed by atoms with Gasteiger partial charge in [0.1, 0.15) is 5.69 Å².